The molecule has 1 atom stereocenters. The minimum absolute atomic E-state index is 0.135. The van der Waals surface area contributed by atoms with Crippen molar-refractivity contribution in [3.8, 4) is 0 Å². The number of hydrogen-bond acceptors (Lipinski definition) is 3. The van der Waals surface area contributed by atoms with Gasteiger partial charge < -0.3 is 10.6 Å². The molecule has 4 heteroatoms. The van der Waals surface area contributed by atoms with Crippen LogP contribution in [-0.4, -0.2) is 42.9 Å². The molecule has 2 N–H and O–H groups in total. The molecule has 1 aliphatic heterocycles. The Morgan fingerprint density at radius 3 is 2.35 bits per heavy atom. The lowest BCUT2D eigenvalue weighted by atomic mass is 9.87. The van der Waals surface area contributed by atoms with Crippen LogP contribution in [0.3, 0.4) is 0 Å². The summed E-state index contributed by atoms with van der Waals surface area (Å²) in [6, 6.07) is 7.55. The minimum atomic E-state index is -0.583. The molecule has 1 aromatic carbocycles. The Bertz CT molecular complexity index is 429. The maximum atomic E-state index is 12.4. The van der Waals surface area contributed by atoms with E-state index < -0.39 is 5.54 Å². The number of nitrogens with two attached hydrogens (primary N) is 1. The Morgan fingerprint density at radius 1 is 1.18 bits per heavy atom. The molecule has 1 amide bonds. The van der Waals surface area contributed by atoms with Crippen molar-refractivity contribution in [1.29, 1.82) is 0 Å². The normalized spacial score (nSPS) is 26.3. The molecule has 92 valence electrons. The van der Waals surface area contributed by atoms with Crippen LogP contribution >= 0.6 is 0 Å². The Kier molecular flexibility index (Phi) is 2.83. The molecule has 4 nitrogen and oxygen atoms in total. The van der Waals surface area contributed by atoms with Crippen LogP contribution < -0.4 is 5.73 Å². The maximum absolute atomic E-state index is 12.4. The standard InChI is InChI=1S/C13H19N3O/c1-13(10-4-6-11(14)7-5-10)12(17)15(2)8-9-16(13)3/h4-7H,8-9,14H2,1-3H3. The van der Waals surface area contributed by atoms with Crippen molar-refractivity contribution in [1.82, 2.24) is 9.80 Å². The average Bonchev–Trinajstić information content (AvgIpc) is 2.32. The second-order valence-corrected chi connectivity index (χ2v) is 4.84. The average molecular weight is 233 g/mol. The first-order chi connectivity index (χ1) is 7.96. The summed E-state index contributed by atoms with van der Waals surface area (Å²) >= 11 is 0. The molecule has 0 radical (unpaired) electrons. The molecule has 1 saturated heterocycles. The van der Waals surface area contributed by atoms with Gasteiger partial charge in [-0.1, -0.05) is 12.1 Å². The van der Waals surface area contributed by atoms with E-state index in [0.717, 1.165) is 24.3 Å². The van der Waals surface area contributed by atoms with Crippen LogP contribution in [0, 0.1) is 0 Å². The molecule has 17 heavy (non-hydrogen) atoms. The van der Waals surface area contributed by atoms with Gasteiger partial charge in [0, 0.05) is 25.8 Å². The number of anilines is 1. The van der Waals surface area contributed by atoms with Crippen molar-refractivity contribution in [3.63, 3.8) is 0 Å². The molecule has 1 fully saturated rings. The third kappa shape index (κ3) is 1.78. The van der Waals surface area contributed by atoms with E-state index >= 15 is 0 Å². The molecular weight excluding hydrogens is 214 g/mol. The molecule has 0 bridgehead atoms. The zero-order chi connectivity index (χ0) is 12.6. The molecule has 0 saturated carbocycles. The summed E-state index contributed by atoms with van der Waals surface area (Å²) in [5.41, 5.74) is 6.81. The predicted molar refractivity (Wildman–Crippen MR) is 68.5 cm³/mol. The minimum Gasteiger partial charge on any atom is -0.399 e. The molecule has 1 heterocycles. The molecule has 0 spiro atoms. The smallest absolute Gasteiger partial charge is 0.247 e. The van der Waals surface area contributed by atoms with Crippen molar-refractivity contribution in [3.05, 3.63) is 29.8 Å². The number of amides is 1. The Balaban J connectivity index is 2.44. The fourth-order valence-electron chi connectivity index (χ4n) is 2.31. The van der Waals surface area contributed by atoms with Gasteiger partial charge in [0.15, 0.2) is 0 Å². The third-order valence-corrected chi connectivity index (χ3v) is 3.77. The third-order valence-electron chi connectivity index (χ3n) is 3.77. The summed E-state index contributed by atoms with van der Waals surface area (Å²) in [7, 11) is 3.84. The first-order valence-electron chi connectivity index (χ1n) is 5.79. The van der Waals surface area contributed by atoms with E-state index in [4.69, 9.17) is 5.73 Å². The van der Waals surface area contributed by atoms with Crippen LogP contribution in [0.1, 0.15) is 12.5 Å². The highest BCUT2D eigenvalue weighted by Crippen LogP contribution is 2.32. The van der Waals surface area contributed by atoms with Crippen molar-refractivity contribution in [2.75, 3.05) is 32.9 Å². The first kappa shape index (κ1) is 11.9. The zero-order valence-corrected chi connectivity index (χ0v) is 10.6. The topological polar surface area (TPSA) is 49.6 Å². The van der Waals surface area contributed by atoms with Crippen LogP contribution in [-0.2, 0) is 10.3 Å². The van der Waals surface area contributed by atoms with Gasteiger partial charge in [-0.3, -0.25) is 9.69 Å². The number of nitrogen functional groups attached to an aromatic ring is 1. The van der Waals surface area contributed by atoms with E-state index in [-0.39, 0.29) is 5.91 Å². The van der Waals surface area contributed by atoms with Crippen LogP contribution in [0.4, 0.5) is 5.69 Å². The second kappa shape index (κ2) is 4.04. The van der Waals surface area contributed by atoms with Gasteiger partial charge in [0.2, 0.25) is 5.91 Å². The van der Waals surface area contributed by atoms with Crippen molar-refractivity contribution < 1.29 is 4.79 Å². The van der Waals surface area contributed by atoms with E-state index in [1.54, 1.807) is 4.90 Å². The fourth-order valence-corrected chi connectivity index (χ4v) is 2.31. The van der Waals surface area contributed by atoms with E-state index in [2.05, 4.69) is 4.90 Å². The highest BCUT2D eigenvalue weighted by molar-refractivity contribution is 5.88. The SMILES string of the molecule is CN1CCN(C)C(C)(c2ccc(N)cc2)C1=O. The first-order valence-corrected chi connectivity index (χ1v) is 5.79. The van der Waals surface area contributed by atoms with E-state index in [1.807, 2.05) is 45.3 Å². The van der Waals surface area contributed by atoms with E-state index in [1.165, 1.54) is 0 Å². The molecule has 1 aromatic rings. The lowest BCUT2D eigenvalue weighted by Gasteiger charge is -2.45. The summed E-state index contributed by atoms with van der Waals surface area (Å²) in [4.78, 5) is 16.3. The number of carbonyl (C=O) groups is 1. The van der Waals surface area contributed by atoms with Gasteiger partial charge in [-0.2, -0.15) is 0 Å². The number of hydrogen-bond donors (Lipinski definition) is 1. The highest BCUT2D eigenvalue weighted by atomic mass is 16.2. The van der Waals surface area contributed by atoms with Crippen LogP contribution in [0.5, 0.6) is 0 Å². The quantitative estimate of drug-likeness (QED) is 0.733. The summed E-state index contributed by atoms with van der Waals surface area (Å²) in [5, 5.41) is 0. The lowest BCUT2D eigenvalue weighted by molar-refractivity contribution is -0.147. The van der Waals surface area contributed by atoms with Gasteiger partial charge in [0.1, 0.15) is 5.54 Å². The van der Waals surface area contributed by atoms with Gasteiger partial charge >= 0.3 is 0 Å². The van der Waals surface area contributed by atoms with E-state index in [9.17, 15) is 4.79 Å². The number of piperazine rings is 1. The maximum Gasteiger partial charge on any atom is 0.247 e. The van der Waals surface area contributed by atoms with Gasteiger partial charge in [-0.25, -0.2) is 0 Å². The van der Waals surface area contributed by atoms with Crippen LogP contribution in [0.15, 0.2) is 24.3 Å². The summed E-state index contributed by atoms with van der Waals surface area (Å²) < 4.78 is 0. The number of carbonyl (C=O) groups excluding carboxylic acids is 1. The highest BCUT2D eigenvalue weighted by Gasteiger charge is 2.43. The Hall–Kier alpha value is -1.55. The van der Waals surface area contributed by atoms with E-state index in [0.29, 0.717) is 0 Å². The van der Waals surface area contributed by atoms with Crippen molar-refractivity contribution >= 4 is 11.6 Å². The predicted octanol–water partition coefficient (Wildman–Crippen LogP) is 0.888. The zero-order valence-electron chi connectivity index (χ0n) is 10.6. The molecular formula is C13H19N3O. The van der Waals surface area contributed by atoms with Crippen molar-refractivity contribution in [2.24, 2.45) is 0 Å². The van der Waals surface area contributed by atoms with Gasteiger partial charge in [0.25, 0.3) is 0 Å². The molecule has 1 aliphatic rings. The van der Waals surface area contributed by atoms with Crippen LogP contribution in [0.2, 0.25) is 0 Å². The van der Waals surface area contributed by atoms with Gasteiger partial charge in [-0.15, -0.1) is 0 Å². The van der Waals surface area contributed by atoms with Crippen molar-refractivity contribution in [2.45, 2.75) is 12.5 Å². The number of rotatable bonds is 1. The summed E-state index contributed by atoms with van der Waals surface area (Å²) in [6.07, 6.45) is 0. The van der Waals surface area contributed by atoms with Gasteiger partial charge in [-0.05, 0) is 31.7 Å². The molecule has 0 aromatic heterocycles. The fraction of sp³-hybridized carbons (Fsp3) is 0.462. The second-order valence-electron chi connectivity index (χ2n) is 4.84. The summed E-state index contributed by atoms with van der Waals surface area (Å²) in [5.74, 6) is 0.135. The number of nitrogens with zero attached hydrogens (tertiary/aromatic N) is 2. The Morgan fingerprint density at radius 2 is 1.76 bits per heavy atom. The van der Waals surface area contributed by atoms with Gasteiger partial charge in [0.05, 0.1) is 0 Å². The molecule has 2 rings (SSSR count). The summed E-state index contributed by atoms with van der Waals surface area (Å²) in [6.45, 7) is 3.62. The number of benzene rings is 1. The molecule has 1 unspecified atom stereocenters. The molecule has 0 aliphatic carbocycles. The number of likely N-dealkylation sites (N-methyl/N-ethyl adjacent to an activating group) is 2. The Labute approximate surface area is 102 Å². The monoisotopic (exact) mass is 233 g/mol. The van der Waals surface area contributed by atoms with Crippen LogP contribution in [0.25, 0.3) is 0 Å². The largest absolute Gasteiger partial charge is 0.399 e. The lowest BCUT2D eigenvalue weighted by Crippen LogP contribution is -2.60.